The zero-order valence-electron chi connectivity index (χ0n) is 40.5. The molecule has 0 radical (unpaired) electrons. The van der Waals surface area contributed by atoms with Crippen LogP contribution < -0.4 is 10.6 Å². The summed E-state index contributed by atoms with van der Waals surface area (Å²) < 4.78 is 9.69. The number of fused-ring (bicyclic) bond motifs is 4. The molecule has 360 valence electrons. The molecule has 1 spiro atoms. The van der Waals surface area contributed by atoms with E-state index in [1.807, 2.05) is 49.9 Å². The third-order valence-electron chi connectivity index (χ3n) is 16.6. The second-order valence-corrected chi connectivity index (χ2v) is 21.4. The number of rotatable bonds is 12. The van der Waals surface area contributed by atoms with Gasteiger partial charge in [-0.1, -0.05) is 101 Å². The largest absolute Gasteiger partial charge is 0.453 e. The van der Waals surface area contributed by atoms with Crippen molar-refractivity contribution in [3.05, 3.63) is 95.8 Å². The minimum Gasteiger partial charge on any atom is -0.453 e. The lowest BCUT2D eigenvalue weighted by molar-refractivity contribution is -0.137. The Bertz CT molecular complexity index is 2790. The van der Waals surface area contributed by atoms with Gasteiger partial charge in [0, 0.05) is 12.1 Å². The summed E-state index contributed by atoms with van der Waals surface area (Å²) in [4.78, 5) is 73.0. The van der Waals surface area contributed by atoms with E-state index in [-0.39, 0.29) is 53.2 Å². The predicted octanol–water partition coefficient (Wildman–Crippen LogP) is 9.64. The molecule has 6 aliphatic rings. The maximum absolute atomic E-state index is 14.0. The standard InChI is InChI=1S/C55H64N8O6/c1-29(2)47(60-53(66)68-5)51(64)62-42-23-35(42)25-44(62)49-56-27-40(58-49)33-13-9-31(10-14-33)37-17-18-38(46-39(37)19-22-55(46)20-7-8-21-55)32-11-15-34(16-12-32)41-28-57-50(59-41)45-26-36-24-43(36)63(45)52(65)48(30(3)4)61-54(67)69-6/h9-18,27-30,35-36,42-45,47-48H,7-8,19-26H2,1-6H3,(H,56,58)(H,57,59)(H,60,66)(H,61,67)/t35?,36?,42?,43?,44-,45-,47-,48?/m0/s1. The number of alkyl carbamates (subject to hydrolysis) is 2. The highest BCUT2D eigenvalue weighted by molar-refractivity contribution is 5.88. The van der Waals surface area contributed by atoms with Crippen LogP contribution in [0, 0.1) is 23.7 Å². The molecule has 4 N–H and O–H groups in total. The molecule has 4 amide bonds. The van der Waals surface area contributed by atoms with Crippen LogP contribution in [-0.4, -0.2) is 92.1 Å². The van der Waals surface area contributed by atoms with Crippen LogP contribution in [0.4, 0.5) is 9.59 Å². The van der Waals surface area contributed by atoms with E-state index in [2.05, 4.69) is 81.3 Å². The highest BCUT2D eigenvalue weighted by Gasteiger charge is 2.57. The van der Waals surface area contributed by atoms with Crippen molar-refractivity contribution in [3.63, 3.8) is 0 Å². The summed E-state index contributed by atoms with van der Waals surface area (Å²) in [6, 6.07) is 21.0. The highest BCUT2D eigenvalue weighted by Crippen LogP contribution is 2.57. The molecule has 2 aliphatic heterocycles. The Labute approximate surface area is 403 Å². The summed E-state index contributed by atoms with van der Waals surface area (Å²) in [5.41, 5.74) is 12.1. The molecule has 5 unspecified atom stereocenters. The van der Waals surface area contributed by atoms with Gasteiger partial charge < -0.3 is 39.9 Å². The minimum absolute atomic E-state index is 0.0838. The molecule has 0 bridgehead atoms. The summed E-state index contributed by atoms with van der Waals surface area (Å²) in [6.45, 7) is 7.75. The van der Waals surface area contributed by atoms with E-state index < -0.39 is 24.3 Å². The Balaban J connectivity index is 0.823. The summed E-state index contributed by atoms with van der Waals surface area (Å²) in [5.74, 6) is 2.10. The average molecular weight is 933 g/mol. The van der Waals surface area contributed by atoms with Crippen molar-refractivity contribution in [2.45, 2.75) is 134 Å². The molecule has 3 aromatic carbocycles. The normalized spacial score (nSPS) is 24.5. The highest BCUT2D eigenvalue weighted by atomic mass is 16.5. The quantitative estimate of drug-likeness (QED) is 0.0957. The molecule has 2 saturated heterocycles. The third kappa shape index (κ3) is 7.97. The van der Waals surface area contributed by atoms with Gasteiger partial charge in [0.2, 0.25) is 11.8 Å². The Kier molecular flexibility index (Phi) is 11.4. The first-order valence-electron chi connectivity index (χ1n) is 25.2. The van der Waals surface area contributed by atoms with Crippen LogP contribution in [0.1, 0.15) is 120 Å². The number of piperidine rings is 2. The third-order valence-corrected chi connectivity index (χ3v) is 16.6. The predicted molar refractivity (Wildman–Crippen MR) is 261 cm³/mol. The van der Waals surface area contributed by atoms with E-state index in [4.69, 9.17) is 19.4 Å². The van der Waals surface area contributed by atoms with Crippen LogP contribution in [0.25, 0.3) is 44.8 Å². The van der Waals surface area contributed by atoms with Gasteiger partial charge in [0.1, 0.15) is 23.7 Å². The number of aromatic amines is 2. The lowest BCUT2D eigenvalue weighted by atomic mass is 9.76. The maximum atomic E-state index is 14.0. The minimum atomic E-state index is -0.673. The molecule has 8 atom stereocenters. The number of aromatic nitrogens is 4. The molecule has 2 aromatic heterocycles. The molecule has 5 fully saturated rings. The molecule has 3 saturated carbocycles. The van der Waals surface area contributed by atoms with Gasteiger partial charge in [-0.25, -0.2) is 19.6 Å². The molecule has 4 aliphatic carbocycles. The van der Waals surface area contributed by atoms with Crippen molar-refractivity contribution >= 4 is 24.0 Å². The van der Waals surface area contributed by atoms with Gasteiger partial charge in [-0.05, 0) is 125 Å². The topological polar surface area (TPSA) is 175 Å². The zero-order chi connectivity index (χ0) is 47.9. The van der Waals surface area contributed by atoms with E-state index in [1.165, 1.54) is 79.7 Å². The van der Waals surface area contributed by atoms with Crippen LogP contribution >= 0.6 is 0 Å². The number of ether oxygens (including phenoxy) is 2. The fourth-order valence-corrected chi connectivity index (χ4v) is 12.8. The molecule has 14 heteroatoms. The molecule has 11 rings (SSSR count). The number of imidazole rings is 2. The monoisotopic (exact) mass is 932 g/mol. The van der Waals surface area contributed by atoms with Crippen molar-refractivity contribution in [2.75, 3.05) is 14.2 Å². The number of hydrogen-bond donors (Lipinski definition) is 4. The van der Waals surface area contributed by atoms with Gasteiger partial charge in [-0.3, -0.25) is 9.59 Å². The first kappa shape index (κ1) is 45.0. The second kappa shape index (κ2) is 17.5. The molecule has 4 heterocycles. The lowest BCUT2D eigenvalue weighted by Crippen LogP contribution is -2.52. The Morgan fingerprint density at radius 2 is 1.04 bits per heavy atom. The van der Waals surface area contributed by atoms with Crippen LogP contribution in [0.5, 0.6) is 0 Å². The van der Waals surface area contributed by atoms with E-state index in [0.717, 1.165) is 66.3 Å². The van der Waals surface area contributed by atoms with Gasteiger partial charge >= 0.3 is 12.2 Å². The maximum Gasteiger partial charge on any atom is 0.407 e. The van der Waals surface area contributed by atoms with Crippen LogP contribution in [0.3, 0.4) is 0 Å². The number of nitrogens with one attached hydrogen (secondary N) is 4. The fourth-order valence-electron chi connectivity index (χ4n) is 12.8. The van der Waals surface area contributed by atoms with Crippen molar-refractivity contribution in [1.82, 2.24) is 40.4 Å². The van der Waals surface area contributed by atoms with Crippen molar-refractivity contribution in [3.8, 4) is 44.8 Å². The first-order chi connectivity index (χ1) is 33.4. The summed E-state index contributed by atoms with van der Waals surface area (Å²) in [5, 5.41) is 5.54. The number of carbonyl (C=O) groups excluding carboxylic acids is 4. The molecule has 69 heavy (non-hydrogen) atoms. The Morgan fingerprint density at radius 1 is 0.609 bits per heavy atom. The molecular weight excluding hydrogens is 869 g/mol. The molecular formula is C55H64N8O6. The number of amides is 4. The fraction of sp³-hybridized carbons (Fsp3) is 0.491. The number of benzene rings is 3. The number of hydrogen-bond acceptors (Lipinski definition) is 8. The number of H-pyrrole nitrogens is 2. The average Bonchev–Trinajstić information content (AvgIpc) is 3.82. The Morgan fingerprint density at radius 3 is 1.49 bits per heavy atom. The molecule has 5 aromatic rings. The van der Waals surface area contributed by atoms with Crippen LogP contribution in [0.15, 0.2) is 73.1 Å². The van der Waals surface area contributed by atoms with Gasteiger partial charge in [-0.15, -0.1) is 0 Å². The summed E-state index contributed by atoms with van der Waals surface area (Å²) in [6.07, 6.45) is 13.4. The van der Waals surface area contributed by atoms with E-state index in [9.17, 15) is 19.2 Å². The van der Waals surface area contributed by atoms with Crippen molar-refractivity contribution in [2.24, 2.45) is 23.7 Å². The number of likely N-dealkylation sites (tertiary alicyclic amines) is 2. The number of nitrogens with zero attached hydrogens (tertiary/aromatic N) is 4. The van der Waals surface area contributed by atoms with E-state index in [1.54, 1.807) is 0 Å². The van der Waals surface area contributed by atoms with Crippen LogP contribution in [-0.2, 0) is 30.9 Å². The SMILES string of the molecule is COC(=O)NC(C(=O)N1C2CC2C[C@H]1c1ncc(-c2ccc(-c3ccc(-c4ccc(-c5cnc([C@@H]6CC7CC7N6C(=O)[C@@H](NC(=O)OC)C(C)C)[nH]5)cc4)c4c3C3(CCCC3)CC4)cc2)[nH]1)C(C)C. The zero-order valence-corrected chi connectivity index (χ0v) is 40.5. The van der Waals surface area contributed by atoms with Crippen molar-refractivity contribution in [1.29, 1.82) is 0 Å². The summed E-state index contributed by atoms with van der Waals surface area (Å²) in [7, 11) is 2.63. The van der Waals surface area contributed by atoms with Crippen molar-refractivity contribution < 1.29 is 28.7 Å². The summed E-state index contributed by atoms with van der Waals surface area (Å²) >= 11 is 0. The van der Waals surface area contributed by atoms with E-state index in [0.29, 0.717) is 11.8 Å². The lowest BCUT2D eigenvalue weighted by Gasteiger charge is -2.31. The first-order valence-corrected chi connectivity index (χ1v) is 25.2. The van der Waals surface area contributed by atoms with Gasteiger partial charge in [0.25, 0.3) is 0 Å². The van der Waals surface area contributed by atoms with Gasteiger partial charge in [0.15, 0.2) is 0 Å². The number of methoxy groups -OCH3 is 2. The van der Waals surface area contributed by atoms with E-state index >= 15 is 0 Å². The Hall–Kier alpha value is -6.44. The van der Waals surface area contributed by atoms with Gasteiger partial charge in [0.05, 0.1) is 50.1 Å². The smallest absolute Gasteiger partial charge is 0.407 e. The molecule has 14 nitrogen and oxygen atoms in total. The van der Waals surface area contributed by atoms with Gasteiger partial charge in [-0.2, -0.15) is 0 Å². The second-order valence-electron chi connectivity index (χ2n) is 21.4. The number of carbonyl (C=O) groups is 4. The van der Waals surface area contributed by atoms with Crippen LogP contribution in [0.2, 0.25) is 0 Å².